The van der Waals surface area contributed by atoms with Crippen LogP contribution in [0.25, 0.3) is 0 Å². The largest absolute Gasteiger partial charge is 0.462 e. The highest BCUT2D eigenvalue weighted by Gasteiger charge is 2.19. The van der Waals surface area contributed by atoms with Gasteiger partial charge in [0.15, 0.2) is 6.10 Å². The van der Waals surface area contributed by atoms with Crippen LogP contribution in [0.1, 0.15) is 253 Å². The molecule has 0 radical (unpaired) electrons. The minimum absolute atomic E-state index is 0.0660. The molecular formula is C47H90O6. The Morgan fingerprint density at radius 1 is 0.396 bits per heavy atom. The summed E-state index contributed by atoms with van der Waals surface area (Å²) in [5.41, 5.74) is 0. The molecule has 314 valence electrons. The second kappa shape index (κ2) is 40.1. The van der Waals surface area contributed by atoms with Crippen LogP contribution in [-0.2, 0) is 28.6 Å². The van der Waals surface area contributed by atoms with Gasteiger partial charge < -0.3 is 14.2 Å². The average Bonchev–Trinajstić information content (AvgIpc) is 3.14. The maximum atomic E-state index is 12.5. The molecule has 0 spiro atoms. The van der Waals surface area contributed by atoms with Crippen LogP contribution in [0.15, 0.2) is 0 Å². The summed E-state index contributed by atoms with van der Waals surface area (Å²) in [6, 6.07) is 0. The number of hydrogen-bond donors (Lipinski definition) is 0. The molecule has 6 heteroatoms. The van der Waals surface area contributed by atoms with E-state index in [2.05, 4.69) is 34.6 Å². The summed E-state index contributed by atoms with van der Waals surface area (Å²) in [4.78, 5) is 37.5. The molecule has 53 heavy (non-hydrogen) atoms. The highest BCUT2D eigenvalue weighted by atomic mass is 16.6. The van der Waals surface area contributed by atoms with Crippen LogP contribution in [0.3, 0.4) is 0 Å². The molecule has 0 rings (SSSR count). The van der Waals surface area contributed by atoms with Crippen LogP contribution in [0.4, 0.5) is 0 Å². The van der Waals surface area contributed by atoms with E-state index in [1.807, 2.05) is 0 Å². The van der Waals surface area contributed by atoms with Crippen molar-refractivity contribution in [3.63, 3.8) is 0 Å². The molecule has 0 saturated carbocycles. The summed E-state index contributed by atoms with van der Waals surface area (Å²) in [6.07, 6.45) is 38.3. The molecule has 0 N–H and O–H groups in total. The molecule has 0 fully saturated rings. The van der Waals surface area contributed by atoms with Crippen molar-refractivity contribution in [1.29, 1.82) is 0 Å². The van der Waals surface area contributed by atoms with Crippen molar-refractivity contribution in [2.75, 3.05) is 13.2 Å². The van der Waals surface area contributed by atoms with Crippen LogP contribution in [0.2, 0.25) is 0 Å². The first-order chi connectivity index (χ1) is 25.8. The Kier molecular flexibility index (Phi) is 38.9. The minimum atomic E-state index is -0.758. The van der Waals surface area contributed by atoms with E-state index < -0.39 is 6.10 Å². The average molecular weight is 751 g/mol. The Morgan fingerprint density at radius 2 is 0.717 bits per heavy atom. The van der Waals surface area contributed by atoms with E-state index in [1.165, 1.54) is 135 Å². The summed E-state index contributed by atoms with van der Waals surface area (Å²) < 4.78 is 16.6. The molecule has 0 amide bonds. The van der Waals surface area contributed by atoms with Crippen molar-refractivity contribution in [2.24, 2.45) is 11.8 Å². The molecule has 1 unspecified atom stereocenters. The second-order valence-corrected chi connectivity index (χ2v) is 16.8. The smallest absolute Gasteiger partial charge is 0.306 e. The Balaban J connectivity index is 4.13. The zero-order valence-corrected chi connectivity index (χ0v) is 36.1. The van der Waals surface area contributed by atoms with Crippen LogP contribution in [-0.4, -0.2) is 37.2 Å². The number of carbonyl (C=O) groups is 3. The molecule has 0 aliphatic carbocycles. The van der Waals surface area contributed by atoms with Gasteiger partial charge in [-0.15, -0.1) is 0 Å². The Labute approximate surface area is 329 Å². The fraction of sp³-hybridized carbons (Fsp3) is 0.936. The van der Waals surface area contributed by atoms with E-state index in [9.17, 15) is 14.4 Å². The lowest BCUT2D eigenvalue weighted by Gasteiger charge is -2.18. The zero-order valence-electron chi connectivity index (χ0n) is 36.1. The number of rotatable bonds is 41. The summed E-state index contributed by atoms with van der Waals surface area (Å²) >= 11 is 0. The van der Waals surface area contributed by atoms with Crippen LogP contribution < -0.4 is 0 Å². The van der Waals surface area contributed by atoms with Crippen molar-refractivity contribution >= 4 is 17.9 Å². The van der Waals surface area contributed by atoms with E-state index in [4.69, 9.17) is 14.2 Å². The van der Waals surface area contributed by atoms with E-state index in [0.717, 1.165) is 76.0 Å². The maximum absolute atomic E-state index is 12.5. The molecular weight excluding hydrogens is 661 g/mol. The number of unbranched alkanes of at least 4 members (excludes halogenated alkanes) is 25. The predicted molar refractivity (Wildman–Crippen MR) is 224 cm³/mol. The summed E-state index contributed by atoms with van der Waals surface area (Å²) in [5.74, 6) is 0.840. The van der Waals surface area contributed by atoms with Gasteiger partial charge in [0.1, 0.15) is 13.2 Å². The van der Waals surface area contributed by atoms with Gasteiger partial charge in [-0.25, -0.2) is 0 Å². The van der Waals surface area contributed by atoms with Gasteiger partial charge in [0.25, 0.3) is 0 Å². The third-order valence-corrected chi connectivity index (χ3v) is 10.8. The van der Waals surface area contributed by atoms with Gasteiger partial charge >= 0.3 is 17.9 Å². The quantitative estimate of drug-likeness (QED) is 0.0352. The van der Waals surface area contributed by atoms with Gasteiger partial charge in [0, 0.05) is 19.3 Å². The molecule has 6 nitrogen and oxygen atoms in total. The lowest BCUT2D eigenvalue weighted by atomic mass is 9.99. The van der Waals surface area contributed by atoms with Gasteiger partial charge in [0.2, 0.25) is 0 Å². The number of esters is 3. The standard InChI is InChI=1S/C47H90O6/c1-6-8-9-25-34-39-47(50)53-44(41-52-46(49)38-33-29-24-20-16-15-18-22-27-31-36-43(5)7-2)40-51-45(48)37-32-28-23-19-14-12-10-11-13-17-21-26-30-35-42(3)4/h42-44H,6-41H2,1-5H3/t43?,44-/m0/s1. The van der Waals surface area contributed by atoms with Crippen molar-refractivity contribution in [2.45, 2.75) is 259 Å². The minimum Gasteiger partial charge on any atom is -0.462 e. The van der Waals surface area contributed by atoms with Crippen molar-refractivity contribution in [1.82, 2.24) is 0 Å². The molecule has 0 aliphatic heterocycles. The van der Waals surface area contributed by atoms with Gasteiger partial charge in [-0.3, -0.25) is 14.4 Å². The zero-order chi connectivity index (χ0) is 39.0. The topological polar surface area (TPSA) is 78.9 Å². The Hall–Kier alpha value is -1.59. The van der Waals surface area contributed by atoms with Crippen molar-refractivity contribution in [3.05, 3.63) is 0 Å². The monoisotopic (exact) mass is 751 g/mol. The molecule has 0 aromatic rings. The predicted octanol–water partition coefficient (Wildman–Crippen LogP) is 14.6. The molecule has 0 heterocycles. The summed E-state index contributed by atoms with van der Waals surface area (Å²) in [7, 11) is 0. The summed E-state index contributed by atoms with van der Waals surface area (Å²) in [6.45, 7) is 11.3. The van der Waals surface area contributed by atoms with Crippen LogP contribution in [0, 0.1) is 11.8 Å². The van der Waals surface area contributed by atoms with Gasteiger partial charge in [-0.05, 0) is 31.1 Å². The first-order valence-corrected chi connectivity index (χ1v) is 23.3. The first-order valence-electron chi connectivity index (χ1n) is 23.3. The number of carbonyl (C=O) groups excluding carboxylic acids is 3. The van der Waals surface area contributed by atoms with Crippen molar-refractivity contribution < 1.29 is 28.6 Å². The number of ether oxygens (including phenoxy) is 3. The van der Waals surface area contributed by atoms with E-state index >= 15 is 0 Å². The fourth-order valence-electron chi connectivity index (χ4n) is 6.90. The number of hydrogen-bond acceptors (Lipinski definition) is 6. The summed E-state index contributed by atoms with van der Waals surface area (Å²) in [5, 5.41) is 0. The normalized spacial score (nSPS) is 12.6. The lowest BCUT2D eigenvalue weighted by molar-refractivity contribution is -0.167. The maximum Gasteiger partial charge on any atom is 0.306 e. The highest BCUT2D eigenvalue weighted by Crippen LogP contribution is 2.17. The molecule has 0 bridgehead atoms. The molecule has 0 aliphatic rings. The van der Waals surface area contributed by atoms with E-state index in [1.54, 1.807) is 0 Å². The van der Waals surface area contributed by atoms with E-state index in [0.29, 0.717) is 19.3 Å². The SMILES string of the molecule is CCCCCCCC(=O)O[C@@H](COC(=O)CCCCCCCCCCCCCCCC(C)C)COC(=O)CCCCCCCCCCCCC(C)CC. The van der Waals surface area contributed by atoms with Crippen LogP contribution in [0.5, 0.6) is 0 Å². The van der Waals surface area contributed by atoms with Crippen molar-refractivity contribution in [3.8, 4) is 0 Å². The molecule has 0 aromatic heterocycles. The third kappa shape index (κ3) is 39.9. The first kappa shape index (κ1) is 51.4. The Morgan fingerprint density at radius 3 is 1.08 bits per heavy atom. The second-order valence-electron chi connectivity index (χ2n) is 16.8. The highest BCUT2D eigenvalue weighted by molar-refractivity contribution is 5.71. The fourth-order valence-corrected chi connectivity index (χ4v) is 6.90. The van der Waals surface area contributed by atoms with E-state index in [-0.39, 0.29) is 31.1 Å². The van der Waals surface area contributed by atoms with Gasteiger partial charge in [0.05, 0.1) is 0 Å². The molecule has 0 aromatic carbocycles. The Bertz CT molecular complexity index is 811. The van der Waals surface area contributed by atoms with Gasteiger partial charge in [-0.2, -0.15) is 0 Å². The van der Waals surface area contributed by atoms with Crippen LogP contribution >= 0.6 is 0 Å². The third-order valence-electron chi connectivity index (χ3n) is 10.8. The van der Waals surface area contributed by atoms with Gasteiger partial charge in [-0.1, -0.05) is 214 Å². The molecule has 0 saturated heterocycles. The lowest BCUT2D eigenvalue weighted by Crippen LogP contribution is -2.30. The molecule has 2 atom stereocenters.